The molecule has 2 aromatic carbocycles. The molecule has 0 aliphatic carbocycles. The molecule has 0 amide bonds. The topological polar surface area (TPSA) is 102 Å². The maximum Gasteiger partial charge on any atom is 0.344 e. The average Bonchev–Trinajstić information content (AvgIpc) is 2.80. The number of benzene rings is 2. The second-order valence-electron chi connectivity index (χ2n) is 7.51. The Labute approximate surface area is 182 Å². The molecule has 2 aromatic heterocycles. The lowest BCUT2D eigenvalue weighted by Crippen LogP contribution is -2.26. The minimum Gasteiger partial charge on any atom is -0.439 e. The first-order valence-corrected chi connectivity index (χ1v) is 9.83. The van der Waals surface area contributed by atoms with E-state index in [0.29, 0.717) is 27.8 Å². The number of aromatic nitrogens is 1. The monoisotopic (exact) mass is 425 g/mol. The first-order chi connectivity index (χ1) is 15.5. The van der Waals surface area contributed by atoms with Crippen LogP contribution in [-0.2, 0) is 0 Å². The predicted octanol–water partition coefficient (Wildman–Crippen LogP) is 4.52. The van der Waals surface area contributed by atoms with Gasteiger partial charge in [0.15, 0.2) is 5.75 Å². The van der Waals surface area contributed by atoms with Gasteiger partial charge >= 0.3 is 5.63 Å². The summed E-state index contributed by atoms with van der Waals surface area (Å²) in [5, 5.41) is 10.4. The average molecular weight is 425 g/mol. The Hall–Kier alpha value is -4.44. The number of nitriles is 1. The number of aryl methyl sites for hydroxylation is 1. The zero-order valence-corrected chi connectivity index (χ0v) is 16.9. The number of nitrogens with zero attached hydrogens (tertiary/aromatic N) is 2. The van der Waals surface area contributed by atoms with Crippen LogP contribution in [0, 0.1) is 24.2 Å². The van der Waals surface area contributed by atoms with Crippen molar-refractivity contribution >= 4 is 11.0 Å². The lowest BCUT2D eigenvalue weighted by atomic mass is 9.83. The maximum atomic E-state index is 13.5. The molecule has 6 nitrogen and oxygen atoms in total. The van der Waals surface area contributed by atoms with E-state index in [0.717, 1.165) is 11.1 Å². The molecule has 7 heteroatoms. The van der Waals surface area contributed by atoms with Crippen LogP contribution in [-0.4, -0.2) is 4.98 Å². The van der Waals surface area contributed by atoms with Crippen molar-refractivity contribution in [2.45, 2.75) is 12.8 Å². The van der Waals surface area contributed by atoms with E-state index in [9.17, 15) is 14.4 Å². The summed E-state index contributed by atoms with van der Waals surface area (Å²) >= 11 is 0. The lowest BCUT2D eigenvalue weighted by Gasteiger charge is -2.26. The Bertz CT molecular complexity index is 1510. The molecule has 1 atom stereocenters. The van der Waals surface area contributed by atoms with Crippen molar-refractivity contribution in [1.29, 1.82) is 5.26 Å². The van der Waals surface area contributed by atoms with Crippen LogP contribution in [0.4, 0.5) is 4.39 Å². The van der Waals surface area contributed by atoms with Gasteiger partial charge in [0.1, 0.15) is 17.2 Å². The Balaban J connectivity index is 1.67. The lowest BCUT2D eigenvalue weighted by molar-refractivity contribution is 0.388. The molecule has 156 valence electrons. The smallest absolute Gasteiger partial charge is 0.344 e. The highest BCUT2D eigenvalue weighted by molar-refractivity contribution is 5.86. The summed E-state index contributed by atoms with van der Waals surface area (Å²) < 4.78 is 24.8. The van der Waals surface area contributed by atoms with Crippen LogP contribution < -0.4 is 16.1 Å². The molecule has 1 aliphatic rings. The number of halogens is 1. The van der Waals surface area contributed by atoms with Gasteiger partial charge in [-0.1, -0.05) is 36.4 Å². The number of nitrogens with two attached hydrogens (primary N) is 1. The van der Waals surface area contributed by atoms with Crippen molar-refractivity contribution in [3.05, 3.63) is 105 Å². The minimum atomic E-state index is -0.744. The molecule has 5 rings (SSSR count). The number of fused-ring (bicyclic) bond motifs is 3. The molecule has 0 saturated carbocycles. The van der Waals surface area contributed by atoms with Gasteiger partial charge in [0.05, 0.1) is 16.9 Å². The van der Waals surface area contributed by atoms with E-state index in [-0.39, 0.29) is 17.0 Å². The van der Waals surface area contributed by atoms with Gasteiger partial charge in [-0.2, -0.15) is 9.65 Å². The summed E-state index contributed by atoms with van der Waals surface area (Å²) in [6.45, 7) is 1.65. The fourth-order valence-electron chi connectivity index (χ4n) is 3.98. The van der Waals surface area contributed by atoms with Crippen LogP contribution in [0.3, 0.4) is 0 Å². The first-order valence-electron chi connectivity index (χ1n) is 9.83. The van der Waals surface area contributed by atoms with Crippen molar-refractivity contribution in [2.24, 2.45) is 5.73 Å². The van der Waals surface area contributed by atoms with Crippen LogP contribution >= 0.6 is 0 Å². The van der Waals surface area contributed by atoms with Crippen molar-refractivity contribution in [2.75, 3.05) is 0 Å². The molecular weight excluding hydrogens is 409 g/mol. The van der Waals surface area contributed by atoms with Crippen LogP contribution in [0.2, 0.25) is 0 Å². The molecule has 3 heterocycles. The SMILES string of the molecule is Cc1cc(-c2ccc(C3C(C#N)=C(N)Oc4c3c(=O)oc3ccccc43)cc2)cnc1F. The number of hydrogen-bond acceptors (Lipinski definition) is 6. The van der Waals surface area contributed by atoms with Gasteiger partial charge in [-0.25, -0.2) is 9.78 Å². The molecule has 0 bridgehead atoms. The van der Waals surface area contributed by atoms with E-state index in [2.05, 4.69) is 11.1 Å². The minimum absolute atomic E-state index is 0.0526. The van der Waals surface area contributed by atoms with Gasteiger partial charge in [0.2, 0.25) is 11.8 Å². The first kappa shape index (κ1) is 19.5. The molecule has 1 aliphatic heterocycles. The standard InChI is InChI=1S/C25H16FN3O3/c1-13-10-16(12-29-23(13)26)14-6-8-15(9-7-14)20-18(11-27)24(28)32-22-17-4-2-3-5-19(17)31-25(30)21(20)22/h2-10,12,20H,28H2,1H3. The summed E-state index contributed by atoms with van der Waals surface area (Å²) in [4.78, 5) is 16.7. The third-order valence-corrected chi connectivity index (χ3v) is 5.57. The Morgan fingerprint density at radius 3 is 2.59 bits per heavy atom. The zero-order chi connectivity index (χ0) is 22.4. The summed E-state index contributed by atoms with van der Waals surface area (Å²) in [6, 6.07) is 18.0. The van der Waals surface area contributed by atoms with Gasteiger partial charge in [0, 0.05) is 17.3 Å². The molecule has 0 saturated heterocycles. The number of rotatable bonds is 2. The van der Waals surface area contributed by atoms with E-state index < -0.39 is 17.5 Å². The molecule has 32 heavy (non-hydrogen) atoms. The molecular formula is C25H16FN3O3. The fraction of sp³-hybridized carbons (Fsp3) is 0.0800. The summed E-state index contributed by atoms with van der Waals surface area (Å²) in [6.07, 6.45) is 1.46. The van der Waals surface area contributed by atoms with Crippen molar-refractivity contribution in [3.8, 4) is 22.9 Å². The number of allylic oxidation sites excluding steroid dienone is 1. The predicted molar refractivity (Wildman–Crippen MR) is 116 cm³/mol. The molecule has 0 fully saturated rings. The van der Waals surface area contributed by atoms with Crippen LogP contribution in [0.5, 0.6) is 5.75 Å². The van der Waals surface area contributed by atoms with Crippen molar-refractivity contribution in [1.82, 2.24) is 4.98 Å². The molecule has 0 spiro atoms. The van der Waals surface area contributed by atoms with E-state index in [1.54, 1.807) is 49.4 Å². The third kappa shape index (κ3) is 3.01. The van der Waals surface area contributed by atoms with E-state index in [4.69, 9.17) is 14.9 Å². The van der Waals surface area contributed by atoms with E-state index in [1.807, 2.05) is 12.1 Å². The summed E-state index contributed by atoms with van der Waals surface area (Å²) in [5.74, 6) is -1.02. The van der Waals surface area contributed by atoms with Gasteiger partial charge in [-0.05, 0) is 36.2 Å². The second kappa shape index (κ2) is 7.36. The van der Waals surface area contributed by atoms with E-state index in [1.165, 1.54) is 6.20 Å². The number of ether oxygens (including phenoxy) is 1. The Morgan fingerprint density at radius 2 is 1.88 bits per heavy atom. The summed E-state index contributed by atoms with van der Waals surface area (Å²) in [5.41, 5.74) is 8.91. The Morgan fingerprint density at radius 1 is 1.12 bits per heavy atom. The van der Waals surface area contributed by atoms with Crippen LogP contribution in [0.25, 0.3) is 22.1 Å². The highest BCUT2D eigenvalue weighted by Gasteiger charge is 2.35. The Kier molecular flexibility index (Phi) is 4.49. The highest BCUT2D eigenvalue weighted by Crippen LogP contribution is 2.43. The van der Waals surface area contributed by atoms with Gasteiger partial charge in [0.25, 0.3) is 0 Å². The second-order valence-corrected chi connectivity index (χ2v) is 7.51. The number of para-hydroxylation sites is 1. The number of pyridine rings is 1. The molecule has 2 N–H and O–H groups in total. The normalized spacial score (nSPS) is 15.2. The quantitative estimate of drug-likeness (QED) is 0.374. The number of hydrogen-bond donors (Lipinski definition) is 1. The van der Waals surface area contributed by atoms with Gasteiger partial charge in [-0.3, -0.25) is 0 Å². The maximum absolute atomic E-state index is 13.5. The molecule has 0 radical (unpaired) electrons. The highest BCUT2D eigenvalue weighted by atomic mass is 19.1. The van der Waals surface area contributed by atoms with Crippen LogP contribution in [0.15, 0.2) is 81.5 Å². The fourth-order valence-corrected chi connectivity index (χ4v) is 3.98. The molecule has 4 aromatic rings. The summed E-state index contributed by atoms with van der Waals surface area (Å²) in [7, 11) is 0. The van der Waals surface area contributed by atoms with Gasteiger partial charge in [-0.15, -0.1) is 0 Å². The van der Waals surface area contributed by atoms with E-state index >= 15 is 0 Å². The largest absolute Gasteiger partial charge is 0.439 e. The van der Waals surface area contributed by atoms with Crippen molar-refractivity contribution in [3.63, 3.8) is 0 Å². The zero-order valence-electron chi connectivity index (χ0n) is 16.9. The third-order valence-electron chi connectivity index (χ3n) is 5.57. The molecule has 1 unspecified atom stereocenters. The van der Waals surface area contributed by atoms with Crippen molar-refractivity contribution < 1.29 is 13.5 Å². The van der Waals surface area contributed by atoms with Gasteiger partial charge < -0.3 is 14.9 Å². The van der Waals surface area contributed by atoms with Crippen LogP contribution in [0.1, 0.15) is 22.6 Å².